The van der Waals surface area contributed by atoms with Crippen LogP contribution >= 0.6 is 0 Å². The molecule has 752 valence electrons. The average Bonchev–Trinajstić information content (AvgIpc) is 1.48. The van der Waals surface area contributed by atoms with E-state index in [4.69, 9.17) is 85.6 Å². The number of aromatic nitrogens is 8. The Morgan fingerprint density at radius 2 is 0.615 bits per heavy atom. The van der Waals surface area contributed by atoms with Gasteiger partial charge in [-0.2, -0.15) is 0 Å². The molecule has 0 aliphatic heterocycles. The van der Waals surface area contributed by atoms with Crippen LogP contribution in [-0.4, -0.2) is 19.9 Å². The molecule has 24 rings (SSSR count). The third-order valence-electron chi connectivity index (χ3n) is 29.5. The predicted molar refractivity (Wildman–Crippen MR) is 612 cm³/mol. The lowest BCUT2D eigenvalue weighted by atomic mass is 9.63. The highest BCUT2D eigenvalue weighted by Crippen LogP contribution is 2.62. The van der Waals surface area contributed by atoms with Crippen LogP contribution < -0.4 is 18.3 Å². The van der Waals surface area contributed by atoms with E-state index in [-0.39, 0.29) is 90.1 Å². The molecule has 0 radical (unpaired) electrons. The van der Waals surface area contributed by atoms with Gasteiger partial charge in [0.25, 0.3) is 0 Å². The zero-order chi connectivity index (χ0) is 142. The van der Waals surface area contributed by atoms with Gasteiger partial charge in [-0.25, -0.2) is 38.2 Å². The van der Waals surface area contributed by atoms with E-state index < -0.39 is 168 Å². The molecule has 8 aromatic carbocycles. The second kappa shape index (κ2) is 37.2. The topological polar surface area (TPSA) is 120 Å². The first kappa shape index (κ1) is 61.2. The fraction of sp³-hybridized carbons (Fsp3) is 0.353. The van der Waals surface area contributed by atoms with Gasteiger partial charge in [-0.15, -0.1) is 0 Å². The van der Waals surface area contributed by atoms with E-state index in [1.807, 2.05) is 236 Å². The van der Waals surface area contributed by atoms with Gasteiger partial charge < -0.3 is 17.7 Å². The Kier molecular flexibility index (Phi) is 15.4. The molecule has 0 fully saturated rings. The van der Waals surface area contributed by atoms with Crippen LogP contribution in [0.5, 0.6) is 0 Å². The third kappa shape index (κ3) is 16.6. The summed E-state index contributed by atoms with van der Waals surface area (Å²) in [5, 5.41) is 5.06. The normalized spacial score (nSPS) is 22.9. The van der Waals surface area contributed by atoms with Crippen molar-refractivity contribution < 1.29 is 94.9 Å². The molecule has 4 unspecified atom stereocenters. The number of fused-ring (bicyclic) bond motifs is 24. The molecule has 4 aliphatic carbocycles. The second-order valence-electron chi connectivity index (χ2n) is 41.7. The van der Waals surface area contributed by atoms with Crippen molar-refractivity contribution in [1.82, 2.24) is 19.9 Å². The number of rotatable bonds is 16. The first-order valence-corrected chi connectivity index (χ1v) is 49.7. The van der Waals surface area contributed by atoms with E-state index in [0.29, 0.717) is 88.0 Å². The zero-order valence-electron chi connectivity index (χ0n) is 130. The van der Waals surface area contributed by atoms with E-state index in [9.17, 15) is 11.0 Å². The molecule has 148 heavy (non-hydrogen) atoms. The SMILES string of the molecule is [2H]C(C)(C)c1cc[n+](C)c(-c2c(C)ccc3c2oc2nc4c(cc23)-c2ccccc2C4(C([2H])([2H])C(C)(C)C([2H])([2H])[2H])C([2H])([2H])C(C)(C([2H])([2H])[2H])C([2H])([2H])[2H])c1.[2H]C(C)(C)c1cc[n+](C)c(-c2c(C)ccc3c2oc2nc4c(cc23)-c2ccccc2C4(C([2H])([2H])C([2H])(C)C([2H])([2H])[2H])C([2H])([2H])C([2H])(C)C([2H])([2H])[2H])c1.[2H]C(C)(C)c1cc[n+](C)c(-c2c(C)ccc3c2oc2nc4c(cc23)-c2ccccc2C4(C([2H])([2H])[2H])C([2H])([2H])[2H])c1.[2H]C([2H])([2H])CC1(C([2H])([2H])C([2H])([2H])[2H])c2ccccc2-c2cc3c(nc21)oc1c(-c2cc(C([2H])(C)C)cc[n+]2C)c(C)ccc13. The van der Waals surface area contributed by atoms with Crippen molar-refractivity contribution in [1.29, 1.82) is 0 Å². The number of pyridine rings is 8. The number of aryl methyl sites for hydroxylation is 8. The van der Waals surface area contributed by atoms with Gasteiger partial charge in [-0.1, -0.05) is 297 Å². The molecule has 4 atom stereocenters. The summed E-state index contributed by atoms with van der Waals surface area (Å²) in [7, 11) is 7.58. The highest BCUT2D eigenvalue weighted by atomic mass is 16.4. The molecular formula is C136H148N8O4+4. The van der Waals surface area contributed by atoms with Gasteiger partial charge in [0.05, 0.1) is 45.0 Å². The van der Waals surface area contributed by atoms with E-state index in [2.05, 4.69) is 0 Å². The van der Waals surface area contributed by atoms with Gasteiger partial charge in [0.1, 0.15) is 28.2 Å². The molecule has 0 saturated carbocycles. The molecule has 12 nitrogen and oxygen atoms in total. The minimum atomic E-state index is -3.59. The van der Waals surface area contributed by atoms with Crippen LogP contribution in [-0.2, 0) is 49.9 Å². The molecule has 20 aromatic rings. The number of benzene rings is 8. The Balaban J connectivity index is 0.000000142. The summed E-state index contributed by atoms with van der Waals surface area (Å²) in [6.07, 6.45) is -9.89. The summed E-state index contributed by atoms with van der Waals surface area (Å²) in [6.45, 7) is -1.59. The van der Waals surface area contributed by atoms with Crippen molar-refractivity contribution in [3.63, 3.8) is 0 Å². The van der Waals surface area contributed by atoms with Crippen LogP contribution in [0.4, 0.5) is 0 Å². The Hall–Kier alpha value is -13.8. The zero-order valence-corrected chi connectivity index (χ0v) is 87.0. The first-order valence-electron chi connectivity index (χ1n) is 71.2. The minimum absolute atomic E-state index is 0.0120. The second-order valence-corrected chi connectivity index (χ2v) is 41.7. The van der Waals surface area contributed by atoms with Crippen molar-refractivity contribution in [2.45, 2.75) is 263 Å². The molecule has 0 bridgehead atoms. The van der Waals surface area contributed by atoms with Gasteiger partial charge in [0.2, 0.25) is 45.6 Å². The molecule has 12 heterocycles. The minimum Gasteiger partial charge on any atom is -0.437 e. The lowest BCUT2D eigenvalue weighted by Gasteiger charge is -2.41. The number of furan rings is 4. The van der Waals surface area contributed by atoms with Crippen LogP contribution in [0.2, 0.25) is 0 Å². The Morgan fingerprint density at radius 3 is 0.932 bits per heavy atom. The Labute approximate surface area is 935 Å². The van der Waals surface area contributed by atoms with Gasteiger partial charge in [0.15, 0.2) is 47.1 Å². The van der Waals surface area contributed by atoms with E-state index in [0.717, 1.165) is 124 Å². The molecule has 12 aromatic heterocycles. The van der Waals surface area contributed by atoms with Crippen LogP contribution in [0.3, 0.4) is 0 Å². The summed E-state index contributed by atoms with van der Waals surface area (Å²) >= 11 is 0. The summed E-state index contributed by atoms with van der Waals surface area (Å²) in [5.74, 6) is -9.56. The number of hydrogen-bond donors (Lipinski definition) is 0. The van der Waals surface area contributed by atoms with Crippen molar-refractivity contribution in [2.24, 2.45) is 50.8 Å². The predicted octanol–water partition coefficient (Wildman–Crippen LogP) is 34.5. The quantitative estimate of drug-likeness (QED) is 0.0878. The maximum absolute atomic E-state index is 9.96. The Morgan fingerprint density at radius 1 is 0.324 bits per heavy atom. The van der Waals surface area contributed by atoms with Crippen LogP contribution in [0, 0.1) is 50.3 Å². The lowest BCUT2D eigenvalue weighted by Crippen LogP contribution is -2.35. The smallest absolute Gasteiger partial charge is 0.227 e. The van der Waals surface area contributed by atoms with Gasteiger partial charge in [-0.3, -0.25) is 0 Å². The molecule has 0 amide bonds. The van der Waals surface area contributed by atoms with Gasteiger partial charge in [0, 0.05) is 194 Å². The van der Waals surface area contributed by atoms with Crippen molar-refractivity contribution >= 4 is 88.3 Å². The van der Waals surface area contributed by atoms with E-state index in [1.165, 1.54) is 24.3 Å². The standard InChI is InChI=1S/C38H45N2O.C36H41N2O.C32H33N2O.C30H29N2O/c1-23(2)25-17-18-40(10)31(19-25)32-24(3)15-16-27-29-20-28-26-13-11-12-14-30(26)38(21-36(4,5)6,22-37(7,8)9)34(28)39-35(29)41-33(27)32;1-21(2)19-36(20-22(3)4)30-12-10-9-11-26(30)28-18-29-27-14-13-24(7)32(33(27)39-35(29)37-34(28)36)31-17-25(23(5)6)15-16-38(31)8;1-7-32(8-2)26-12-10-9-11-22(26)24-18-25-23-14-13-20(5)28(29(23)35-31(25)33-30(24)32)27-17-21(19(3)4)15-16-34(27)6;1-17(2)19-13-14-32(6)25(15-19)26-18(3)11-12-21-23-16-22-20-9-7-8-10-24(20)30(4,5)28(22)31-29(23)33-27(21)26/h11-20,23H,21-22H2,1-10H3;9-18,21-23H,19-20H2,1-8H3;9-19H,7-8H2,1-6H3;7-17H,1-6H3/q4*+1/i4D3,5D3,7D3,21D2,22D2,23D;1D3,3D3,19D2,20D2,21D,22D,23D;1D3,2D3,7D2,19D;4D3,5D3,17D. The molecule has 12 heteroatoms. The van der Waals surface area contributed by atoms with E-state index >= 15 is 0 Å². The first-order chi connectivity index (χ1) is 87.2. The van der Waals surface area contributed by atoms with Crippen LogP contribution in [0.1, 0.15) is 362 Å². The monoisotopic (exact) mass is 2000 g/mol. The molecule has 0 saturated heterocycles. The largest absolute Gasteiger partial charge is 0.437 e. The fourth-order valence-electron chi connectivity index (χ4n) is 22.3. The molecule has 0 spiro atoms. The number of hydrogen-bond acceptors (Lipinski definition) is 8. The molecular weight excluding hydrogens is 1810 g/mol. The Bertz CT molecular complexity index is 10800. The highest BCUT2D eigenvalue weighted by molar-refractivity contribution is 6.15. The summed E-state index contributed by atoms with van der Waals surface area (Å²) in [4.78, 5) is 19.2. The van der Waals surface area contributed by atoms with Crippen LogP contribution in [0.15, 0.2) is 261 Å². The fourth-order valence-corrected chi connectivity index (χ4v) is 22.3. The van der Waals surface area contributed by atoms with Crippen LogP contribution in [0.25, 0.3) is 178 Å². The maximum Gasteiger partial charge on any atom is 0.227 e. The molecule has 0 N–H and O–H groups in total. The summed E-state index contributed by atoms with van der Waals surface area (Å²) < 4.78 is 409. The lowest BCUT2D eigenvalue weighted by molar-refractivity contribution is -0.660. The van der Waals surface area contributed by atoms with Gasteiger partial charge >= 0.3 is 0 Å². The summed E-state index contributed by atoms with van der Waals surface area (Å²) in [6, 6.07) is 63.5. The van der Waals surface area contributed by atoms with E-state index in [1.54, 1.807) is 113 Å². The molecule has 4 aliphatic rings. The van der Waals surface area contributed by atoms with Crippen molar-refractivity contribution in [2.75, 3.05) is 0 Å². The van der Waals surface area contributed by atoms with Crippen molar-refractivity contribution in [3.8, 4) is 89.5 Å². The average molecular weight is 2000 g/mol. The number of nitrogens with zero attached hydrogens (tertiary/aromatic N) is 8. The van der Waals surface area contributed by atoms with Gasteiger partial charge in [-0.05, 0) is 225 Å². The summed E-state index contributed by atoms with van der Waals surface area (Å²) in [5.41, 5.74) is 1.66. The van der Waals surface area contributed by atoms with Crippen molar-refractivity contribution in [3.05, 3.63) is 333 Å². The maximum atomic E-state index is 9.96. The highest BCUT2D eigenvalue weighted by Gasteiger charge is 2.51. The third-order valence-corrected chi connectivity index (χ3v) is 29.5.